The fourth-order valence-electron chi connectivity index (χ4n) is 3.26. The third kappa shape index (κ3) is 3.78. The molecule has 148 valence electrons. The number of nitrogens with one attached hydrogen (secondary N) is 1. The second kappa shape index (κ2) is 8.29. The zero-order valence-corrected chi connectivity index (χ0v) is 15.9. The molecule has 1 N–H and O–H groups in total. The summed E-state index contributed by atoms with van der Waals surface area (Å²) in [5, 5.41) is 2.77. The van der Waals surface area contributed by atoms with E-state index in [4.69, 9.17) is 9.47 Å². The van der Waals surface area contributed by atoms with E-state index in [-0.39, 0.29) is 19.1 Å². The van der Waals surface area contributed by atoms with Crippen molar-refractivity contribution in [2.75, 3.05) is 19.8 Å². The molecule has 0 spiro atoms. The molecular weight excluding hydrogens is 363 g/mol. The molecule has 1 heterocycles. The molecule has 0 radical (unpaired) electrons. The van der Waals surface area contributed by atoms with Crippen LogP contribution in [-0.2, 0) is 10.3 Å². The molecule has 0 saturated carbocycles. The molecule has 1 aliphatic rings. The van der Waals surface area contributed by atoms with Crippen LogP contribution in [0.15, 0.2) is 48.5 Å². The molecule has 3 amide bonds. The fraction of sp³-hybridized carbons (Fsp3) is 0.333. The lowest BCUT2D eigenvalue weighted by Gasteiger charge is -2.25. The van der Waals surface area contributed by atoms with Gasteiger partial charge in [-0.2, -0.15) is 0 Å². The molecule has 6 nitrogen and oxygen atoms in total. The third-order valence-electron chi connectivity index (χ3n) is 4.76. The normalized spacial score (nSPS) is 18.9. The maximum atomic E-state index is 13.2. The Balaban J connectivity index is 1.65. The highest BCUT2D eigenvalue weighted by Gasteiger charge is 2.51. The Bertz CT molecular complexity index is 838. The van der Waals surface area contributed by atoms with E-state index in [2.05, 4.69) is 5.32 Å². The Morgan fingerprint density at radius 3 is 2.14 bits per heavy atom. The fourth-order valence-corrected chi connectivity index (χ4v) is 3.26. The second-order valence-corrected chi connectivity index (χ2v) is 6.41. The minimum Gasteiger partial charge on any atom is -0.494 e. The average Bonchev–Trinajstić information content (AvgIpc) is 2.95. The first-order chi connectivity index (χ1) is 13.5. The van der Waals surface area contributed by atoms with Gasteiger partial charge in [-0.3, -0.25) is 9.69 Å². The van der Waals surface area contributed by atoms with E-state index < -0.39 is 17.4 Å². The van der Waals surface area contributed by atoms with Crippen LogP contribution in [0, 0.1) is 5.82 Å². The summed E-state index contributed by atoms with van der Waals surface area (Å²) < 4.78 is 24.3. The van der Waals surface area contributed by atoms with E-state index in [1.807, 2.05) is 13.8 Å². The summed E-state index contributed by atoms with van der Waals surface area (Å²) in [6.45, 7) is 4.57. The lowest BCUT2D eigenvalue weighted by atomic mass is 9.87. The van der Waals surface area contributed by atoms with E-state index in [0.29, 0.717) is 24.3 Å². The van der Waals surface area contributed by atoms with Crippen LogP contribution < -0.4 is 14.8 Å². The Morgan fingerprint density at radius 2 is 1.57 bits per heavy atom. The van der Waals surface area contributed by atoms with Crippen molar-refractivity contribution < 1.29 is 23.5 Å². The van der Waals surface area contributed by atoms with Crippen molar-refractivity contribution in [3.63, 3.8) is 0 Å². The van der Waals surface area contributed by atoms with Gasteiger partial charge >= 0.3 is 6.03 Å². The summed E-state index contributed by atoms with van der Waals surface area (Å²) in [7, 11) is 0. The largest absolute Gasteiger partial charge is 0.494 e. The number of hydrogen-bond acceptors (Lipinski definition) is 4. The van der Waals surface area contributed by atoms with Crippen molar-refractivity contribution in [3.05, 3.63) is 59.9 Å². The van der Waals surface area contributed by atoms with Crippen LogP contribution in [0.2, 0.25) is 0 Å². The van der Waals surface area contributed by atoms with Crippen LogP contribution >= 0.6 is 0 Å². The van der Waals surface area contributed by atoms with E-state index in [1.54, 1.807) is 24.3 Å². The molecule has 2 aromatic carbocycles. The van der Waals surface area contributed by atoms with Gasteiger partial charge in [0.05, 0.1) is 13.2 Å². The number of carbonyl (C=O) groups excluding carboxylic acids is 2. The van der Waals surface area contributed by atoms with Gasteiger partial charge in [-0.1, -0.05) is 19.1 Å². The predicted molar refractivity (Wildman–Crippen MR) is 102 cm³/mol. The Hall–Kier alpha value is -3.09. The first kappa shape index (κ1) is 19.7. The first-order valence-corrected chi connectivity index (χ1v) is 9.26. The summed E-state index contributed by atoms with van der Waals surface area (Å²) in [4.78, 5) is 26.5. The van der Waals surface area contributed by atoms with Gasteiger partial charge in [-0.05, 0) is 55.3 Å². The van der Waals surface area contributed by atoms with E-state index in [9.17, 15) is 14.0 Å². The van der Waals surface area contributed by atoms with Crippen LogP contribution in [0.5, 0.6) is 11.5 Å². The summed E-state index contributed by atoms with van der Waals surface area (Å²) in [5.74, 6) is 0.612. The number of nitrogens with zero attached hydrogens (tertiary/aromatic N) is 1. The quantitative estimate of drug-likeness (QED) is 0.706. The molecule has 1 unspecified atom stereocenters. The molecule has 1 fully saturated rings. The first-order valence-electron chi connectivity index (χ1n) is 9.26. The standard InChI is InChI=1S/C21H23FN2O4/c1-3-21(15-5-7-16(22)8-6-15)19(25)24(20(26)23-21)13-14-28-18-11-9-17(10-12-18)27-4-2/h5-12H,3-4,13-14H2,1-2H3,(H,23,26). The number of halogens is 1. The molecule has 1 aliphatic heterocycles. The van der Waals surface area contributed by atoms with Crippen molar-refractivity contribution >= 4 is 11.9 Å². The van der Waals surface area contributed by atoms with Gasteiger partial charge in [0.2, 0.25) is 0 Å². The predicted octanol–water partition coefficient (Wildman–Crippen LogP) is 3.46. The molecule has 0 bridgehead atoms. The van der Waals surface area contributed by atoms with Crippen LogP contribution in [0.4, 0.5) is 9.18 Å². The van der Waals surface area contributed by atoms with Crippen molar-refractivity contribution in [1.29, 1.82) is 0 Å². The molecule has 28 heavy (non-hydrogen) atoms. The number of rotatable bonds is 8. The Morgan fingerprint density at radius 1 is 0.964 bits per heavy atom. The summed E-state index contributed by atoms with van der Waals surface area (Å²) in [6, 6.07) is 12.3. The maximum Gasteiger partial charge on any atom is 0.325 e. The summed E-state index contributed by atoms with van der Waals surface area (Å²) in [6.07, 6.45) is 0.361. The van der Waals surface area contributed by atoms with Crippen LogP contribution in [0.3, 0.4) is 0 Å². The van der Waals surface area contributed by atoms with Gasteiger partial charge in [0.25, 0.3) is 5.91 Å². The van der Waals surface area contributed by atoms with Crippen LogP contribution in [0.25, 0.3) is 0 Å². The number of imide groups is 1. The number of ether oxygens (including phenoxy) is 2. The van der Waals surface area contributed by atoms with Gasteiger partial charge in [0.15, 0.2) is 0 Å². The molecule has 0 aromatic heterocycles. The maximum absolute atomic E-state index is 13.2. The van der Waals surface area contributed by atoms with Gasteiger partial charge in [-0.25, -0.2) is 9.18 Å². The molecular formula is C21H23FN2O4. The average molecular weight is 386 g/mol. The summed E-state index contributed by atoms with van der Waals surface area (Å²) >= 11 is 0. The molecule has 7 heteroatoms. The van der Waals surface area contributed by atoms with Crippen molar-refractivity contribution in [2.45, 2.75) is 25.8 Å². The van der Waals surface area contributed by atoms with E-state index in [0.717, 1.165) is 10.6 Å². The van der Waals surface area contributed by atoms with E-state index >= 15 is 0 Å². The highest BCUT2D eigenvalue weighted by molar-refractivity contribution is 6.07. The summed E-state index contributed by atoms with van der Waals surface area (Å²) in [5.41, 5.74) is -0.617. The zero-order chi connectivity index (χ0) is 20.1. The van der Waals surface area contributed by atoms with E-state index in [1.165, 1.54) is 24.3 Å². The van der Waals surface area contributed by atoms with Gasteiger partial charge in [-0.15, -0.1) is 0 Å². The number of urea groups is 1. The highest BCUT2D eigenvalue weighted by Crippen LogP contribution is 2.32. The smallest absolute Gasteiger partial charge is 0.325 e. The number of carbonyl (C=O) groups is 2. The van der Waals surface area contributed by atoms with Gasteiger partial charge in [0.1, 0.15) is 29.5 Å². The lowest BCUT2D eigenvalue weighted by Crippen LogP contribution is -2.43. The lowest BCUT2D eigenvalue weighted by molar-refractivity contribution is -0.132. The topological polar surface area (TPSA) is 67.9 Å². The SMILES string of the molecule is CCOc1ccc(OCCN2C(=O)NC(CC)(c3ccc(F)cc3)C2=O)cc1. The third-order valence-corrected chi connectivity index (χ3v) is 4.76. The highest BCUT2D eigenvalue weighted by atomic mass is 19.1. The second-order valence-electron chi connectivity index (χ2n) is 6.41. The number of benzene rings is 2. The number of amides is 3. The monoisotopic (exact) mass is 386 g/mol. The van der Waals surface area contributed by atoms with Gasteiger partial charge in [0, 0.05) is 0 Å². The molecule has 0 aliphatic carbocycles. The van der Waals surface area contributed by atoms with Crippen LogP contribution in [0.1, 0.15) is 25.8 Å². The minimum atomic E-state index is -1.18. The van der Waals surface area contributed by atoms with Crippen molar-refractivity contribution in [1.82, 2.24) is 10.2 Å². The minimum absolute atomic E-state index is 0.112. The molecule has 1 saturated heterocycles. The van der Waals surface area contributed by atoms with Crippen molar-refractivity contribution in [3.8, 4) is 11.5 Å². The van der Waals surface area contributed by atoms with Gasteiger partial charge < -0.3 is 14.8 Å². The molecule has 2 aromatic rings. The van der Waals surface area contributed by atoms with Crippen molar-refractivity contribution in [2.24, 2.45) is 0 Å². The van der Waals surface area contributed by atoms with Crippen LogP contribution in [-0.4, -0.2) is 36.6 Å². The molecule has 1 atom stereocenters. The number of hydrogen-bond donors (Lipinski definition) is 1. The Kier molecular flexibility index (Phi) is 5.82. The molecule has 3 rings (SSSR count). The Labute approximate surface area is 163 Å². The zero-order valence-electron chi connectivity index (χ0n) is 15.9.